The number of Topliss-reactive ketones (excluding diaryl/α,β-unsaturated/α-hetero) is 1. The Labute approximate surface area is 99.3 Å². The summed E-state index contributed by atoms with van der Waals surface area (Å²) in [6, 6.07) is 0. The van der Waals surface area contributed by atoms with Gasteiger partial charge in [0.2, 0.25) is 0 Å². The van der Waals surface area contributed by atoms with Crippen LogP contribution in [0.3, 0.4) is 0 Å². The van der Waals surface area contributed by atoms with Crippen LogP contribution in [0.1, 0.15) is 32.2 Å². The number of nitrogens with zero attached hydrogens (tertiary/aromatic N) is 1. The summed E-state index contributed by atoms with van der Waals surface area (Å²) in [5.41, 5.74) is 0. The van der Waals surface area contributed by atoms with Crippen LogP contribution >= 0.6 is 0 Å². The van der Waals surface area contributed by atoms with Crippen LogP contribution in [0.2, 0.25) is 0 Å². The molecule has 6 heteroatoms. The molecule has 17 heavy (non-hydrogen) atoms. The molecule has 1 heterocycles. The van der Waals surface area contributed by atoms with Crippen molar-refractivity contribution < 1.29 is 19.1 Å². The number of hydrogen-bond donors (Lipinski definition) is 1. The molecule has 0 amide bonds. The Morgan fingerprint density at radius 1 is 1.53 bits per heavy atom. The Kier molecular flexibility index (Phi) is 5.35. The van der Waals surface area contributed by atoms with Crippen molar-refractivity contribution in [2.45, 2.75) is 26.4 Å². The molecule has 94 valence electrons. The summed E-state index contributed by atoms with van der Waals surface area (Å²) in [5, 5.41) is 0. The predicted octanol–water partition coefficient (Wildman–Crippen LogP) is 1.01. The average molecular weight is 240 g/mol. The van der Waals surface area contributed by atoms with Crippen LogP contribution in [0.4, 0.5) is 0 Å². The van der Waals surface area contributed by atoms with Crippen LogP contribution < -0.4 is 0 Å². The lowest BCUT2D eigenvalue weighted by molar-refractivity contribution is -0.146. The third-order valence-electron chi connectivity index (χ3n) is 2.05. The highest BCUT2D eigenvalue weighted by atomic mass is 16.5. The van der Waals surface area contributed by atoms with E-state index in [-0.39, 0.29) is 31.5 Å². The summed E-state index contributed by atoms with van der Waals surface area (Å²) in [6.45, 7) is 3.62. The molecule has 1 atom stereocenters. The first-order chi connectivity index (χ1) is 8.13. The topological polar surface area (TPSA) is 81.3 Å². The molecule has 0 aliphatic heterocycles. The zero-order chi connectivity index (χ0) is 12.7. The summed E-state index contributed by atoms with van der Waals surface area (Å²) in [5.74, 6) is -0.178. The fraction of sp³-hybridized carbons (Fsp3) is 0.545. The number of imidazole rings is 1. The van der Waals surface area contributed by atoms with E-state index in [4.69, 9.17) is 4.74 Å². The molecule has 0 radical (unpaired) electrons. The second-order valence-electron chi connectivity index (χ2n) is 3.45. The van der Waals surface area contributed by atoms with Crippen LogP contribution in [-0.2, 0) is 19.1 Å². The maximum Gasteiger partial charge on any atom is 0.313 e. The Morgan fingerprint density at radius 3 is 2.88 bits per heavy atom. The van der Waals surface area contributed by atoms with Gasteiger partial charge in [0.1, 0.15) is 25.0 Å². The molecule has 1 N–H and O–H groups in total. The minimum Gasteiger partial charge on any atom is -0.466 e. The number of hydrogen-bond acceptors (Lipinski definition) is 5. The first-order valence-corrected chi connectivity index (χ1v) is 5.41. The molecule has 0 aliphatic rings. The summed E-state index contributed by atoms with van der Waals surface area (Å²) in [7, 11) is 0. The lowest BCUT2D eigenvalue weighted by atomic mass is 10.3. The van der Waals surface area contributed by atoms with Gasteiger partial charge in [-0.15, -0.1) is 0 Å². The van der Waals surface area contributed by atoms with Crippen molar-refractivity contribution in [3.63, 3.8) is 0 Å². The highest BCUT2D eigenvalue weighted by Gasteiger charge is 2.14. The summed E-state index contributed by atoms with van der Waals surface area (Å²) < 4.78 is 9.93. The van der Waals surface area contributed by atoms with Crippen molar-refractivity contribution in [3.05, 3.63) is 18.2 Å². The molecule has 0 aromatic carbocycles. The average Bonchev–Trinajstić information content (AvgIpc) is 2.79. The maximum absolute atomic E-state index is 11.3. The van der Waals surface area contributed by atoms with Crippen LogP contribution in [0, 0.1) is 0 Å². The first-order valence-electron chi connectivity index (χ1n) is 5.41. The first kappa shape index (κ1) is 13.4. The fourth-order valence-electron chi connectivity index (χ4n) is 1.22. The molecular formula is C11H16N2O4. The molecule has 6 nitrogen and oxygen atoms in total. The fourth-order valence-corrected chi connectivity index (χ4v) is 1.22. The number of aromatic amines is 1. The van der Waals surface area contributed by atoms with E-state index in [9.17, 15) is 9.59 Å². The molecule has 0 fully saturated rings. The predicted molar refractivity (Wildman–Crippen MR) is 59.2 cm³/mol. The van der Waals surface area contributed by atoms with Gasteiger partial charge in [-0.05, 0) is 13.8 Å². The molecule has 0 saturated heterocycles. The monoisotopic (exact) mass is 240 g/mol. The van der Waals surface area contributed by atoms with Crippen molar-refractivity contribution in [2.75, 3.05) is 13.2 Å². The summed E-state index contributed by atoms with van der Waals surface area (Å²) in [4.78, 5) is 29.2. The number of carbonyl (C=O) groups is 2. The van der Waals surface area contributed by atoms with Crippen molar-refractivity contribution in [1.29, 1.82) is 0 Å². The molecule has 1 aromatic heterocycles. The Hall–Kier alpha value is -1.69. The Balaban J connectivity index is 2.26. The highest BCUT2D eigenvalue weighted by Crippen LogP contribution is 2.10. The Bertz CT molecular complexity index is 362. The third-order valence-corrected chi connectivity index (χ3v) is 2.05. The van der Waals surface area contributed by atoms with Crippen LogP contribution in [-0.4, -0.2) is 34.9 Å². The smallest absolute Gasteiger partial charge is 0.313 e. The minimum absolute atomic E-state index is 0.124. The zero-order valence-electron chi connectivity index (χ0n) is 9.93. The molecule has 0 aliphatic carbocycles. The van der Waals surface area contributed by atoms with E-state index >= 15 is 0 Å². The van der Waals surface area contributed by atoms with Crippen molar-refractivity contribution >= 4 is 11.8 Å². The Morgan fingerprint density at radius 2 is 2.29 bits per heavy atom. The van der Waals surface area contributed by atoms with Gasteiger partial charge in [0.25, 0.3) is 0 Å². The minimum atomic E-state index is -0.522. The standard InChI is InChI=1S/C11H16N2O4/c1-3-16-10(15)6-9(14)7-17-8(2)11-12-4-5-13-11/h4-5,8H,3,6-7H2,1-2H3,(H,12,13). The highest BCUT2D eigenvalue weighted by molar-refractivity contribution is 5.96. The quantitative estimate of drug-likeness (QED) is 0.568. The molecular weight excluding hydrogens is 224 g/mol. The van der Waals surface area contributed by atoms with Gasteiger partial charge < -0.3 is 14.5 Å². The molecule has 0 bridgehead atoms. The van der Waals surface area contributed by atoms with Gasteiger partial charge in [-0.25, -0.2) is 4.98 Å². The van der Waals surface area contributed by atoms with Gasteiger partial charge in [0.05, 0.1) is 6.61 Å². The number of nitrogens with one attached hydrogen (secondary N) is 1. The van der Waals surface area contributed by atoms with Gasteiger partial charge in [0.15, 0.2) is 5.78 Å². The van der Waals surface area contributed by atoms with Crippen LogP contribution in [0.25, 0.3) is 0 Å². The van der Waals surface area contributed by atoms with Crippen molar-refractivity contribution in [1.82, 2.24) is 9.97 Å². The lowest BCUT2D eigenvalue weighted by Gasteiger charge is -2.09. The number of H-pyrrole nitrogens is 1. The van der Waals surface area contributed by atoms with E-state index in [1.165, 1.54) is 0 Å². The number of ketones is 1. The third kappa shape index (κ3) is 4.78. The van der Waals surface area contributed by atoms with Crippen molar-refractivity contribution in [3.8, 4) is 0 Å². The molecule has 1 rings (SSSR count). The van der Waals surface area contributed by atoms with E-state index in [2.05, 4.69) is 14.7 Å². The number of ether oxygens (including phenoxy) is 2. The van der Waals surface area contributed by atoms with Gasteiger partial charge in [-0.2, -0.15) is 0 Å². The maximum atomic E-state index is 11.3. The van der Waals surface area contributed by atoms with Gasteiger partial charge in [-0.1, -0.05) is 0 Å². The zero-order valence-corrected chi connectivity index (χ0v) is 9.93. The second kappa shape index (κ2) is 6.80. The SMILES string of the molecule is CCOC(=O)CC(=O)COC(C)c1ncc[nH]1. The molecule has 1 aromatic rings. The van der Waals surface area contributed by atoms with Crippen molar-refractivity contribution in [2.24, 2.45) is 0 Å². The van der Waals surface area contributed by atoms with Gasteiger partial charge in [-0.3, -0.25) is 9.59 Å². The van der Waals surface area contributed by atoms with E-state index < -0.39 is 5.97 Å². The number of rotatable bonds is 7. The van der Waals surface area contributed by atoms with E-state index in [0.29, 0.717) is 5.82 Å². The molecule has 0 saturated carbocycles. The number of carbonyl (C=O) groups excluding carboxylic acids is 2. The lowest BCUT2D eigenvalue weighted by Crippen LogP contribution is -2.17. The van der Waals surface area contributed by atoms with Gasteiger partial charge >= 0.3 is 5.97 Å². The van der Waals surface area contributed by atoms with Crippen LogP contribution in [0.15, 0.2) is 12.4 Å². The normalized spacial score (nSPS) is 12.1. The number of esters is 1. The summed E-state index contributed by atoms with van der Waals surface area (Å²) in [6.07, 6.45) is 2.72. The largest absolute Gasteiger partial charge is 0.466 e. The van der Waals surface area contributed by atoms with Gasteiger partial charge in [0, 0.05) is 12.4 Å². The number of aromatic nitrogens is 2. The summed E-state index contributed by atoms with van der Waals surface area (Å²) >= 11 is 0. The second-order valence-corrected chi connectivity index (χ2v) is 3.45. The van der Waals surface area contributed by atoms with E-state index in [1.54, 1.807) is 26.2 Å². The van der Waals surface area contributed by atoms with E-state index in [1.807, 2.05) is 0 Å². The molecule has 1 unspecified atom stereocenters. The van der Waals surface area contributed by atoms with Crippen LogP contribution in [0.5, 0.6) is 0 Å². The molecule has 0 spiro atoms. The van der Waals surface area contributed by atoms with E-state index in [0.717, 1.165) is 0 Å².